The maximum absolute atomic E-state index is 5.57. The van der Waals surface area contributed by atoms with E-state index < -0.39 is 0 Å². The van der Waals surface area contributed by atoms with Crippen LogP contribution in [-0.4, -0.2) is 30.2 Å². The number of para-hydroxylation sites is 1. The van der Waals surface area contributed by atoms with E-state index in [1.54, 1.807) is 0 Å². The van der Waals surface area contributed by atoms with E-state index in [0.29, 0.717) is 30.5 Å². The average Bonchev–Trinajstić information content (AvgIpc) is 2.52. The molecule has 7 heteroatoms. The van der Waals surface area contributed by atoms with Gasteiger partial charge in [0, 0.05) is 0 Å². The Bertz CT molecular complexity index is 536. The Morgan fingerprint density at radius 3 is 2.60 bits per heavy atom. The summed E-state index contributed by atoms with van der Waals surface area (Å²) in [4.78, 5) is 8.07. The van der Waals surface area contributed by atoms with Crippen molar-refractivity contribution in [2.75, 3.05) is 31.0 Å². The van der Waals surface area contributed by atoms with E-state index in [-0.39, 0.29) is 0 Å². The van der Waals surface area contributed by atoms with Crippen molar-refractivity contribution in [3.63, 3.8) is 0 Å². The molecule has 0 atom stereocenters. The van der Waals surface area contributed by atoms with Gasteiger partial charge >= 0.3 is 0 Å². The molecule has 0 amide bonds. The van der Waals surface area contributed by atoms with Crippen molar-refractivity contribution in [3.05, 3.63) is 36.7 Å². The van der Waals surface area contributed by atoms with Crippen molar-refractivity contribution in [1.29, 1.82) is 0 Å². The van der Waals surface area contributed by atoms with Gasteiger partial charge < -0.3 is 20.2 Å². The monoisotopic (exact) mass is 275 g/mol. The minimum Gasteiger partial charge on any atom is -0.492 e. The average molecular weight is 275 g/mol. The fourth-order valence-corrected chi connectivity index (χ4v) is 1.65. The van der Waals surface area contributed by atoms with Crippen LogP contribution in [0.4, 0.5) is 11.6 Å². The van der Waals surface area contributed by atoms with Crippen molar-refractivity contribution in [2.24, 2.45) is 5.84 Å². The topological polar surface area (TPSA) is 94.3 Å². The summed E-state index contributed by atoms with van der Waals surface area (Å²) in [6.07, 6.45) is 1.40. The van der Waals surface area contributed by atoms with Gasteiger partial charge in [0.1, 0.15) is 18.7 Å². The number of anilines is 2. The van der Waals surface area contributed by atoms with Crippen LogP contribution >= 0.6 is 0 Å². The van der Waals surface area contributed by atoms with Crippen molar-refractivity contribution in [2.45, 2.75) is 0 Å². The van der Waals surface area contributed by atoms with Gasteiger partial charge in [0.25, 0.3) is 0 Å². The van der Waals surface area contributed by atoms with E-state index in [9.17, 15) is 0 Å². The van der Waals surface area contributed by atoms with Gasteiger partial charge in [-0.2, -0.15) is 0 Å². The number of nitrogens with one attached hydrogen (secondary N) is 2. The van der Waals surface area contributed by atoms with Gasteiger partial charge in [-0.1, -0.05) is 18.2 Å². The number of hydrogen-bond acceptors (Lipinski definition) is 7. The smallest absolute Gasteiger partial charge is 0.205 e. The molecule has 1 aromatic carbocycles. The summed E-state index contributed by atoms with van der Waals surface area (Å²) in [7, 11) is 1.53. The minimum absolute atomic E-state index is 0.425. The second kappa shape index (κ2) is 7.15. The quantitative estimate of drug-likeness (QED) is 0.398. The van der Waals surface area contributed by atoms with Crippen LogP contribution in [0.2, 0.25) is 0 Å². The van der Waals surface area contributed by atoms with Crippen LogP contribution < -0.4 is 26.1 Å². The number of nitrogens with zero attached hydrogens (tertiary/aromatic N) is 2. The SMILES string of the molecule is COc1c(NN)ncnc1NCCOc1ccccc1. The molecule has 20 heavy (non-hydrogen) atoms. The molecule has 0 bridgehead atoms. The van der Waals surface area contributed by atoms with Gasteiger partial charge in [0.2, 0.25) is 5.75 Å². The van der Waals surface area contributed by atoms with Crippen LogP contribution in [0.3, 0.4) is 0 Å². The van der Waals surface area contributed by atoms with Gasteiger partial charge in [-0.3, -0.25) is 0 Å². The van der Waals surface area contributed by atoms with E-state index in [2.05, 4.69) is 20.7 Å². The zero-order chi connectivity index (χ0) is 14.2. The molecular weight excluding hydrogens is 258 g/mol. The molecule has 0 unspecified atom stereocenters. The van der Waals surface area contributed by atoms with Crippen LogP contribution in [-0.2, 0) is 0 Å². The number of nitrogens with two attached hydrogens (primary N) is 1. The lowest BCUT2D eigenvalue weighted by atomic mass is 10.3. The third-order valence-electron chi connectivity index (χ3n) is 2.55. The van der Waals surface area contributed by atoms with Gasteiger partial charge in [-0.05, 0) is 12.1 Å². The number of benzene rings is 1. The fraction of sp³-hybridized carbons (Fsp3) is 0.231. The predicted octanol–water partition coefficient (Wildman–Crippen LogP) is 1.26. The van der Waals surface area contributed by atoms with E-state index in [1.807, 2.05) is 30.3 Å². The number of hydrazine groups is 1. The lowest BCUT2D eigenvalue weighted by Crippen LogP contribution is -2.15. The third kappa shape index (κ3) is 3.48. The zero-order valence-electron chi connectivity index (χ0n) is 11.2. The van der Waals surface area contributed by atoms with Crippen molar-refractivity contribution in [1.82, 2.24) is 9.97 Å². The molecule has 7 nitrogen and oxygen atoms in total. The maximum Gasteiger partial charge on any atom is 0.205 e. The number of nitrogen functional groups attached to an aromatic ring is 1. The first-order valence-corrected chi connectivity index (χ1v) is 6.12. The molecule has 106 valence electrons. The summed E-state index contributed by atoms with van der Waals surface area (Å²) in [5.41, 5.74) is 2.46. The lowest BCUT2D eigenvalue weighted by Gasteiger charge is -2.12. The normalized spacial score (nSPS) is 9.90. The summed E-state index contributed by atoms with van der Waals surface area (Å²) in [5, 5.41) is 3.11. The molecule has 1 heterocycles. The molecule has 4 N–H and O–H groups in total. The van der Waals surface area contributed by atoms with Gasteiger partial charge in [-0.25, -0.2) is 15.8 Å². The molecule has 0 aliphatic rings. The predicted molar refractivity (Wildman–Crippen MR) is 76.8 cm³/mol. The number of ether oxygens (including phenoxy) is 2. The summed E-state index contributed by atoms with van der Waals surface area (Å²) in [6, 6.07) is 9.60. The van der Waals surface area contributed by atoms with Crippen molar-refractivity contribution in [3.8, 4) is 11.5 Å². The molecule has 0 saturated carbocycles. The highest BCUT2D eigenvalue weighted by Gasteiger charge is 2.10. The largest absolute Gasteiger partial charge is 0.492 e. The number of rotatable bonds is 7. The number of methoxy groups -OCH3 is 1. The van der Waals surface area contributed by atoms with Crippen molar-refractivity contribution < 1.29 is 9.47 Å². The van der Waals surface area contributed by atoms with E-state index in [0.717, 1.165) is 5.75 Å². The third-order valence-corrected chi connectivity index (χ3v) is 2.55. The standard InChI is InChI=1S/C13H17N5O2/c1-19-11-12(16-9-17-13(11)18-14)15-7-8-20-10-5-3-2-4-6-10/h2-6,9H,7-8,14H2,1H3,(H2,15,16,17,18). The lowest BCUT2D eigenvalue weighted by molar-refractivity contribution is 0.332. The molecule has 0 aliphatic heterocycles. The highest BCUT2D eigenvalue weighted by molar-refractivity contribution is 5.62. The summed E-state index contributed by atoms with van der Waals surface area (Å²) < 4.78 is 10.8. The summed E-state index contributed by atoms with van der Waals surface area (Å²) >= 11 is 0. The Kier molecular flexibility index (Phi) is 4.96. The van der Waals surface area contributed by atoms with Crippen LogP contribution in [0.1, 0.15) is 0 Å². The highest BCUT2D eigenvalue weighted by atomic mass is 16.5. The van der Waals surface area contributed by atoms with Crippen LogP contribution in [0.25, 0.3) is 0 Å². The molecule has 0 spiro atoms. The van der Waals surface area contributed by atoms with Gasteiger partial charge in [0.05, 0.1) is 13.7 Å². The van der Waals surface area contributed by atoms with Crippen LogP contribution in [0.15, 0.2) is 36.7 Å². The first-order valence-electron chi connectivity index (χ1n) is 6.12. The van der Waals surface area contributed by atoms with Gasteiger partial charge in [-0.15, -0.1) is 0 Å². The Labute approximate surface area is 117 Å². The molecule has 0 aliphatic carbocycles. The second-order valence-corrected chi connectivity index (χ2v) is 3.84. The Balaban J connectivity index is 1.88. The van der Waals surface area contributed by atoms with Gasteiger partial charge in [0.15, 0.2) is 11.6 Å². The first-order chi connectivity index (χ1) is 9.85. The van der Waals surface area contributed by atoms with Crippen molar-refractivity contribution >= 4 is 11.6 Å². The van der Waals surface area contributed by atoms with E-state index >= 15 is 0 Å². The van der Waals surface area contributed by atoms with E-state index in [4.69, 9.17) is 15.3 Å². The Morgan fingerprint density at radius 2 is 1.90 bits per heavy atom. The second-order valence-electron chi connectivity index (χ2n) is 3.84. The Hall–Kier alpha value is -2.54. The van der Waals surface area contributed by atoms with Crippen LogP contribution in [0.5, 0.6) is 11.5 Å². The zero-order valence-corrected chi connectivity index (χ0v) is 11.2. The molecule has 2 aromatic rings. The summed E-state index contributed by atoms with van der Waals surface area (Å²) in [6.45, 7) is 1.08. The van der Waals surface area contributed by atoms with E-state index in [1.165, 1.54) is 13.4 Å². The molecule has 0 fully saturated rings. The molecular formula is C13H17N5O2. The molecule has 1 aromatic heterocycles. The summed E-state index contributed by atoms with van der Waals surface area (Å²) in [5.74, 6) is 7.63. The first kappa shape index (κ1) is 13.9. The molecule has 2 rings (SSSR count). The van der Waals surface area contributed by atoms with Crippen LogP contribution in [0, 0.1) is 0 Å². The minimum atomic E-state index is 0.425. The maximum atomic E-state index is 5.57. The highest BCUT2D eigenvalue weighted by Crippen LogP contribution is 2.27. The number of aromatic nitrogens is 2. The Morgan fingerprint density at radius 1 is 1.15 bits per heavy atom. The fourth-order valence-electron chi connectivity index (χ4n) is 1.65. The molecule has 0 saturated heterocycles. The number of hydrogen-bond donors (Lipinski definition) is 3. The molecule has 0 radical (unpaired) electrons.